The van der Waals surface area contributed by atoms with Crippen molar-refractivity contribution in [2.24, 2.45) is 7.05 Å². The van der Waals surface area contributed by atoms with Crippen molar-refractivity contribution in [3.63, 3.8) is 0 Å². The number of aryl methyl sites for hydroxylation is 1. The van der Waals surface area contributed by atoms with Crippen LogP contribution >= 0.6 is 0 Å². The van der Waals surface area contributed by atoms with Gasteiger partial charge < -0.3 is 25.2 Å². The molecule has 3 N–H and O–H groups in total. The van der Waals surface area contributed by atoms with Gasteiger partial charge in [0.1, 0.15) is 12.6 Å². The first-order valence-corrected chi connectivity index (χ1v) is 11.1. The summed E-state index contributed by atoms with van der Waals surface area (Å²) in [5.74, 6) is -1.96. The maximum atomic E-state index is 12.9. The van der Waals surface area contributed by atoms with E-state index in [1.165, 1.54) is 20.4 Å². The van der Waals surface area contributed by atoms with Gasteiger partial charge in [-0.3, -0.25) is 9.48 Å². The number of aromatic nitrogens is 2. The summed E-state index contributed by atoms with van der Waals surface area (Å²) in [7, 11) is 2.93. The molecule has 2 amide bonds. The summed E-state index contributed by atoms with van der Waals surface area (Å²) in [6.07, 6.45) is 0.643. The Morgan fingerprint density at radius 1 is 1.09 bits per heavy atom. The van der Waals surface area contributed by atoms with Crippen LogP contribution in [0.3, 0.4) is 0 Å². The highest BCUT2D eigenvalue weighted by Gasteiger charge is 2.30. The zero-order valence-corrected chi connectivity index (χ0v) is 19.4. The lowest BCUT2D eigenvalue weighted by Gasteiger charge is -2.19. The van der Waals surface area contributed by atoms with Gasteiger partial charge in [-0.15, -0.1) is 0 Å². The third kappa shape index (κ3) is 5.02. The molecule has 0 fully saturated rings. The largest absolute Gasteiger partial charge is 0.476 e. The molecule has 35 heavy (non-hydrogen) atoms. The molecule has 0 spiro atoms. The molecule has 1 unspecified atom stereocenters. The van der Waals surface area contributed by atoms with Crippen LogP contribution in [0.2, 0.25) is 0 Å². The number of aromatic carboxylic acids is 1. The number of ether oxygens (including phenoxy) is 2. The SMILES string of the molecule is COCCC(NC(=O)OCC1c2ccccc2-c2ccccc21)C(=O)Nc1cnn(C)c1C(=O)O. The number of carbonyl (C=O) groups is 3. The summed E-state index contributed by atoms with van der Waals surface area (Å²) >= 11 is 0. The van der Waals surface area contributed by atoms with Crippen molar-refractivity contribution < 1.29 is 29.0 Å². The number of fused-ring (bicyclic) bond motifs is 3. The Hall–Kier alpha value is -4.18. The van der Waals surface area contributed by atoms with Gasteiger partial charge in [0.2, 0.25) is 5.91 Å². The zero-order chi connectivity index (χ0) is 24.9. The van der Waals surface area contributed by atoms with Gasteiger partial charge >= 0.3 is 12.1 Å². The molecule has 0 bridgehead atoms. The number of hydrogen-bond donors (Lipinski definition) is 3. The lowest BCUT2D eigenvalue weighted by atomic mass is 9.98. The number of methoxy groups -OCH3 is 1. The minimum Gasteiger partial charge on any atom is -0.476 e. The first-order valence-electron chi connectivity index (χ1n) is 11.1. The van der Waals surface area contributed by atoms with Crippen molar-refractivity contribution in [3.8, 4) is 11.1 Å². The molecule has 3 aromatic rings. The summed E-state index contributed by atoms with van der Waals surface area (Å²) < 4.78 is 11.7. The number of alkyl carbamates (subject to hydrolysis) is 1. The standard InChI is InChI=1S/C25H26N4O6/c1-29-22(24(31)32)21(13-26-29)27-23(30)20(11-12-34-2)28-25(33)35-14-19-17-9-5-3-7-15(17)16-8-4-6-10-18(16)19/h3-10,13,19-20H,11-12,14H2,1-2H3,(H,27,30)(H,28,33)(H,31,32). The van der Waals surface area contributed by atoms with Crippen LogP contribution in [0.15, 0.2) is 54.7 Å². The van der Waals surface area contributed by atoms with Crippen LogP contribution in [-0.2, 0) is 21.3 Å². The Labute approximate surface area is 201 Å². The van der Waals surface area contributed by atoms with Crippen molar-refractivity contribution in [2.75, 3.05) is 25.6 Å². The first-order chi connectivity index (χ1) is 16.9. The second-order valence-electron chi connectivity index (χ2n) is 8.13. The predicted molar refractivity (Wildman–Crippen MR) is 127 cm³/mol. The van der Waals surface area contributed by atoms with E-state index >= 15 is 0 Å². The van der Waals surface area contributed by atoms with E-state index in [-0.39, 0.29) is 36.9 Å². The smallest absolute Gasteiger partial charge is 0.407 e. The molecule has 0 saturated heterocycles. The van der Waals surface area contributed by atoms with Crippen molar-refractivity contribution >= 4 is 23.7 Å². The fourth-order valence-electron chi connectivity index (χ4n) is 4.29. The third-order valence-electron chi connectivity index (χ3n) is 5.96. The Kier molecular flexibility index (Phi) is 7.11. The van der Waals surface area contributed by atoms with Crippen LogP contribution in [0.25, 0.3) is 11.1 Å². The molecule has 10 nitrogen and oxygen atoms in total. The van der Waals surface area contributed by atoms with Crippen molar-refractivity contribution in [2.45, 2.75) is 18.4 Å². The molecule has 1 aliphatic carbocycles. The molecule has 1 aromatic heterocycles. The minimum absolute atomic E-state index is 0.0294. The lowest BCUT2D eigenvalue weighted by molar-refractivity contribution is -0.118. The molecule has 10 heteroatoms. The third-order valence-corrected chi connectivity index (χ3v) is 5.96. The van der Waals surface area contributed by atoms with Crippen molar-refractivity contribution in [1.82, 2.24) is 15.1 Å². The number of amides is 2. The molecule has 1 aliphatic rings. The topological polar surface area (TPSA) is 132 Å². The number of nitrogens with one attached hydrogen (secondary N) is 2. The maximum absolute atomic E-state index is 12.9. The second kappa shape index (κ2) is 10.4. The number of anilines is 1. The van der Waals surface area contributed by atoms with Gasteiger partial charge in [-0.05, 0) is 22.3 Å². The molecular formula is C25H26N4O6. The van der Waals surface area contributed by atoms with E-state index in [2.05, 4.69) is 15.7 Å². The molecule has 0 radical (unpaired) electrons. The number of carboxylic acid groups (broad SMARTS) is 1. The Bertz CT molecular complexity index is 1210. The van der Waals surface area contributed by atoms with Crippen LogP contribution < -0.4 is 10.6 Å². The summed E-state index contributed by atoms with van der Waals surface area (Å²) in [6, 6.07) is 15.0. The monoisotopic (exact) mass is 478 g/mol. The van der Waals surface area contributed by atoms with Crippen LogP contribution in [0.4, 0.5) is 10.5 Å². The van der Waals surface area contributed by atoms with Gasteiger partial charge in [0.25, 0.3) is 0 Å². The fraction of sp³-hybridized carbons (Fsp3) is 0.280. The van der Waals surface area contributed by atoms with E-state index < -0.39 is 24.0 Å². The number of nitrogens with zero attached hydrogens (tertiary/aromatic N) is 2. The number of carboxylic acids is 1. The maximum Gasteiger partial charge on any atom is 0.407 e. The average Bonchev–Trinajstić information content (AvgIpc) is 3.37. The first kappa shape index (κ1) is 24.0. The zero-order valence-electron chi connectivity index (χ0n) is 19.4. The quantitative estimate of drug-likeness (QED) is 0.431. The number of rotatable bonds is 9. The van der Waals surface area contributed by atoms with E-state index in [4.69, 9.17) is 9.47 Å². The highest BCUT2D eigenvalue weighted by atomic mass is 16.5. The summed E-state index contributed by atoms with van der Waals surface area (Å²) in [5.41, 5.74) is 4.23. The van der Waals surface area contributed by atoms with Crippen LogP contribution in [0.5, 0.6) is 0 Å². The highest BCUT2D eigenvalue weighted by Crippen LogP contribution is 2.44. The predicted octanol–water partition coefficient (Wildman–Crippen LogP) is 3.00. The van der Waals surface area contributed by atoms with Gasteiger partial charge in [-0.25, -0.2) is 9.59 Å². The number of carbonyl (C=O) groups excluding carboxylic acids is 2. The van der Waals surface area contributed by atoms with E-state index in [1.54, 1.807) is 0 Å². The van der Waals surface area contributed by atoms with Gasteiger partial charge in [0, 0.05) is 33.1 Å². The normalized spacial score (nSPS) is 13.0. The number of hydrogen-bond acceptors (Lipinski definition) is 6. The van der Waals surface area contributed by atoms with Crippen LogP contribution in [-0.4, -0.2) is 59.2 Å². The van der Waals surface area contributed by atoms with Crippen molar-refractivity contribution in [1.29, 1.82) is 0 Å². The molecule has 4 rings (SSSR count). The van der Waals surface area contributed by atoms with Gasteiger partial charge in [-0.1, -0.05) is 48.5 Å². The van der Waals surface area contributed by atoms with Gasteiger partial charge in [0.15, 0.2) is 5.69 Å². The lowest BCUT2D eigenvalue weighted by Crippen LogP contribution is -2.45. The summed E-state index contributed by atoms with van der Waals surface area (Å²) in [5, 5.41) is 18.3. The molecule has 2 aromatic carbocycles. The van der Waals surface area contributed by atoms with E-state index in [1.807, 2.05) is 48.5 Å². The van der Waals surface area contributed by atoms with Crippen LogP contribution in [0, 0.1) is 0 Å². The molecule has 0 saturated carbocycles. The van der Waals surface area contributed by atoms with Crippen LogP contribution in [0.1, 0.15) is 34.0 Å². The van der Waals surface area contributed by atoms with Crippen molar-refractivity contribution in [3.05, 3.63) is 71.5 Å². The molecule has 1 heterocycles. The van der Waals surface area contributed by atoms with E-state index in [0.717, 1.165) is 26.9 Å². The summed E-state index contributed by atoms with van der Waals surface area (Å²) in [6.45, 7) is 0.296. The van der Waals surface area contributed by atoms with E-state index in [0.29, 0.717) is 0 Å². The molecule has 182 valence electrons. The molecule has 0 aliphatic heterocycles. The highest BCUT2D eigenvalue weighted by molar-refractivity contribution is 6.01. The number of benzene rings is 2. The average molecular weight is 479 g/mol. The Balaban J connectivity index is 1.43. The molecule has 1 atom stereocenters. The van der Waals surface area contributed by atoms with E-state index in [9.17, 15) is 19.5 Å². The van der Waals surface area contributed by atoms with Gasteiger partial charge in [0.05, 0.1) is 11.9 Å². The second-order valence-corrected chi connectivity index (χ2v) is 8.13. The Morgan fingerprint density at radius 3 is 2.31 bits per heavy atom. The fourth-order valence-corrected chi connectivity index (χ4v) is 4.29. The summed E-state index contributed by atoms with van der Waals surface area (Å²) in [4.78, 5) is 37.0. The minimum atomic E-state index is -1.24. The van der Waals surface area contributed by atoms with Gasteiger partial charge in [-0.2, -0.15) is 5.10 Å². The Morgan fingerprint density at radius 2 is 1.71 bits per heavy atom. The molecular weight excluding hydrogens is 452 g/mol.